The van der Waals surface area contributed by atoms with Gasteiger partial charge < -0.3 is 18.8 Å². The van der Waals surface area contributed by atoms with Crippen LogP contribution in [0.4, 0.5) is 0 Å². The summed E-state index contributed by atoms with van der Waals surface area (Å²) in [6, 6.07) is 11.5. The fourth-order valence-corrected chi connectivity index (χ4v) is 5.22. The van der Waals surface area contributed by atoms with Crippen LogP contribution in [0.5, 0.6) is 17.2 Å². The van der Waals surface area contributed by atoms with Gasteiger partial charge in [-0.05, 0) is 54.7 Å². The van der Waals surface area contributed by atoms with Crippen LogP contribution in [-0.2, 0) is 13.0 Å². The summed E-state index contributed by atoms with van der Waals surface area (Å²) in [6.45, 7) is 1.97. The van der Waals surface area contributed by atoms with Crippen molar-refractivity contribution in [1.29, 1.82) is 0 Å². The monoisotopic (exact) mass is 448 g/mol. The molecule has 3 aromatic rings. The smallest absolute Gasteiger partial charge is 0.251 e. The Labute approximate surface area is 194 Å². The second-order valence-corrected chi connectivity index (χ2v) is 9.28. The summed E-state index contributed by atoms with van der Waals surface area (Å²) in [4.78, 5) is 17.1. The van der Waals surface area contributed by atoms with E-state index >= 15 is 0 Å². The van der Waals surface area contributed by atoms with Crippen LogP contribution >= 0.6 is 0 Å². The molecule has 0 spiro atoms. The molecular weight excluding hydrogens is 416 g/mol. The maximum Gasteiger partial charge on any atom is 0.251 e. The molecule has 6 nitrogen and oxygen atoms in total. The highest BCUT2D eigenvalue weighted by molar-refractivity contribution is 5.80. The van der Waals surface area contributed by atoms with Crippen molar-refractivity contribution in [3.63, 3.8) is 0 Å². The van der Waals surface area contributed by atoms with Gasteiger partial charge in [0, 0.05) is 30.4 Å². The number of ether oxygens (including phenoxy) is 3. The molecule has 0 amide bonds. The van der Waals surface area contributed by atoms with Crippen molar-refractivity contribution in [3.05, 3.63) is 58.6 Å². The minimum atomic E-state index is 0.0661. The summed E-state index contributed by atoms with van der Waals surface area (Å²) in [6.07, 6.45) is 9.99. The lowest BCUT2D eigenvalue weighted by Gasteiger charge is -2.29. The number of pyridine rings is 2. The minimum absolute atomic E-state index is 0.0661. The Balaban J connectivity index is 1.13. The Morgan fingerprint density at radius 3 is 2.48 bits per heavy atom. The molecule has 1 aliphatic carbocycles. The molecule has 1 saturated carbocycles. The van der Waals surface area contributed by atoms with E-state index in [1.54, 1.807) is 19.4 Å². The Kier molecular flexibility index (Phi) is 6.51. The van der Waals surface area contributed by atoms with E-state index in [9.17, 15) is 4.79 Å². The molecule has 0 atom stereocenters. The third-order valence-electron chi connectivity index (χ3n) is 7.22. The van der Waals surface area contributed by atoms with Crippen LogP contribution in [0.25, 0.3) is 10.9 Å². The van der Waals surface area contributed by atoms with Gasteiger partial charge in [0.05, 0.1) is 18.8 Å². The number of benzene rings is 1. The standard InChI is InChI=1S/C27H32N2O4/c1-31-23-10-7-21-8-11-27(30)29(24(21)17-23)13-12-20-4-2-19(3-5-20)6-9-22-16-25-26(18-28-22)33-15-14-32-25/h7-8,10-11,16-20H,2-6,9,12-15H2,1H3. The number of aryl methyl sites for hydroxylation is 2. The lowest BCUT2D eigenvalue weighted by atomic mass is 9.78. The van der Waals surface area contributed by atoms with Crippen LogP contribution in [0.2, 0.25) is 0 Å². The van der Waals surface area contributed by atoms with E-state index in [2.05, 4.69) is 4.98 Å². The molecule has 3 heterocycles. The molecular formula is C27H32N2O4. The van der Waals surface area contributed by atoms with Gasteiger partial charge in [0.25, 0.3) is 5.56 Å². The Bertz CT molecular complexity index is 1160. The van der Waals surface area contributed by atoms with Gasteiger partial charge >= 0.3 is 0 Å². The predicted octanol–water partition coefficient (Wildman–Crippen LogP) is 5.01. The molecule has 0 unspecified atom stereocenters. The molecule has 33 heavy (non-hydrogen) atoms. The quantitative estimate of drug-likeness (QED) is 0.509. The van der Waals surface area contributed by atoms with E-state index in [0.717, 1.165) is 59.1 Å². The number of aromatic nitrogens is 2. The zero-order valence-electron chi connectivity index (χ0n) is 19.3. The van der Waals surface area contributed by atoms with Crippen molar-refractivity contribution in [2.24, 2.45) is 11.8 Å². The normalized spacial score (nSPS) is 20.0. The first-order valence-corrected chi connectivity index (χ1v) is 12.1. The number of nitrogens with zero attached hydrogens (tertiary/aromatic N) is 2. The zero-order chi connectivity index (χ0) is 22.6. The maximum absolute atomic E-state index is 12.6. The van der Waals surface area contributed by atoms with Crippen molar-refractivity contribution in [2.45, 2.75) is 51.5 Å². The molecule has 1 aliphatic heterocycles. The largest absolute Gasteiger partial charge is 0.497 e. The third kappa shape index (κ3) is 5.00. The summed E-state index contributed by atoms with van der Waals surface area (Å²) in [5.41, 5.74) is 2.12. The van der Waals surface area contributed by atoms with E-state index in [4.69, 9.17) is 14.2 Å². The lowest BCUT2D eigenvalue weighted by molar-refractivity contribution is 0.170. The Morgan fingerprint density at radius 1 is 0.970 bits per heavy atom. The Hall–Kier alpha value is -3.02. The topological polar surface area (TPSA) is 62.6 Å². The molecule has 0 bridgehead atoms. The third-order valence-corrected chi connectivity index (χ3v) is 7.22. The molecule has 174 valence electrons. The van der Waals surface area contributed by atoms with Crippen molar-refractivity contribution < 1.29 is 14.2 Å². The minimum Gasteiger partial charge on any atom is -0.497 e. The second-order valence-electron chi connectivity index (χ2n) is 9.28. The van der Waals surface area contributed by atoms with Crippen LogP contribution in [-0.4, -0.2) is 29.9 Å². The highest BCUT2D eigenvalue weighted by atomic mass is 16.6. The Morgan fingerprint density at radius 2 is 1.70 bits per heavy atom. The first kappa shape index (κ1) is 21.8. The van der Waals surface area contributed by atoms with Crippen LogP contribution in [0.1, 0.15) is 44.2 Å². The van der Waals surface area contributed by atoms with Gasteiger partial charge in [-0.25, -0.2) is 0 Å². The van der Waals surface area contributed by atoms with Crippen LogP contribution in [0, 0.1) is 11.8 Å². The summed E-state index contributed by atoms with van der Waals surface area (Å²) in [5.74, 6) is 3.81. The van der Waals surface area contributed by atoms with Crippen molar-refractivity contribution in [1.82, 2.24) is 9.55 Å². The van der Waals surface area contributed by atoms with Gasteiger partial charge in [0.1, 0.15) is 19.0 Å². The fourth-order valence-electron chi connectivity index (χ4n) is 5.22. The number of hydrogen-bond acceptors (Lipinski definition) is 5. The van der Waals surface area contributed by atoms with Gasteiger partial charge in [-0.3, -0.25) is 9.78 Å². The molecule has 5 rings (SSSR count). The van der Waals surface area contributed by atoms with E-state index in [-0.39, 0.29) is 5.56 Å². The lowest BCUT2D eigenvalue weighted by Crippen LogP contribution is -2.22. The van der Waals surface area contributed by atoms with Crippen LogP contribution in [0.15, 0.2) is 47.4 Å². The molecule has 6 heteroatoms. The highest BCUT2D eigenvalue weighted by Gasteiger charge is 2.22. The van der Waals surface area contributed by atoms with Crippen LogP contribution < -0.4 is 19.8 Å². The number of hydrogen-bond donors (Lipinski definition) is 0. The predicted molar refractivity (Wildman–Crippen MR) is 128 cm³/mol. The first-order chi connectivity index (χ1) is 16.2. The summed E-state index contributed by atoms with van der Waals surface area (Å²) < 4.78 is 18.5. The second kappa shape index (κ2) is 9.86. The number of rotatable bonds is 7. The van der Waals surface area contributed by atoms with Gasteiger partial charge in [0.2, 0.25) is 0 Å². The van der Waals surface area contributed by atoms with E-state index in [1.165, 1.54) is 32.1 Å². The summed E-state index contributed by atoms with van der Waals surface area (Å²) in [5, 5.41) is 1.08. The molecule has 1 aromatic carbocycles. The van der Waals surface area contributed by atoms with Crippen LogP contribution in [0.3, 0.4) is 0 Å². The van der Waals surface area contributed by atoms with Gasteiger partial charge in [-0.15, -0.1) is 0 Å². The highest BCUT2D eigenvalue weighted by Crippen LogP contribution is 2.35. The molecule has 0 saturated heterocycles. The molecule has 0 N–H and O–H groups in total. The average molecular weight is 449 g/mol. The summed E-state index contributed by atoms with van der Waals surface area (Å²) in [7, 11) is 1.66. The molecule has 2 aliphatic rings. The fraction of sp³-hybridized carbons (Fsp3) is 0.481. The SMILES string of the molecule is COc1ccc2ccc(=O)n(CCC3CCC(CCc4cc5c(cn4)OCCO5)CC3)c2c1. The van der Waals surface area contributed by atoms with Gasteiger partial charge in [-0.1, -0.05) is 25.7 Å². The zero-order valence-corrected chi connectivity index (χ0v) is 19.3. The average Bonchev–Trinajstić information content (AvgIpc) is 2.87. The maximum atomic E-state index is 12.6. The first-order valence-electron chi connectivity index (χ1n) is 12.1. The molecule has 1 fully saturated rings. The van der Waals surface area contributed by atoms with E-state index in [0.29, 0.717) is 19.1 Å². The van der Waals surface area contributed by atoms with E-state index < -0.39 is 0 Å². The molecule has 2 aromatic heterocycles. The van der Waals surface area contributed by atoms with Gasteiger partial charge in [0.15, 0.2) is 11.5 Å². The van der Waals surface area contributed by atoms with Crippen molar-refractivity contribution in [2.75, 3.05) is 20.3 Å². The van der Waals surface area contributed by atoms with Crippen molar-refractivity contribution in [3.8, 4) is 17.2 Å². The van der Waals surface area contributed by atoms with Crippen molar-refractivity contribution >= 4 is 10.9 Å². The number of methoxy groups -OCH3 is 1. The molecule has 0 radical (unpaired) electrons. The number of fused-ring (bicyclic) bond motifs is 2. The van der Waals surface area contributed by atoms with Gasteiger partial charge in [-0.2, -0.15) is 0 Å². The summed E-state index contributed by atoms with van der Waals surface area (Å²) >= 11 is 0. The van der Waals surface area contributed by atoms with E-state index in [1.807, 2.05) is 34.9 Å².